The maximum atomic E-state index is 11.4. The lowest BCUT2D eigenvalue weighted by atomic mass is 11.3. The van der Waals surface area contributed by atoms with Crippen LogP contribution in [0.15, 0.2) is 0 Å². The normalized spacial score (nSPS) is 42.0. The lowest BCUT2D eigenvalue weighted by molar-refractivity contribution is -0.335. The van der Waals surface area contributed by atoms with Crippen LogP contribution in [0.25, 0.3) is 0 Å². The molecule has 0 bridgehead atoms. The highest BCUT2D eigenvalue weighted by molar-refractivity contribution is 4.18. The number of halogens is 2. The molecule has 0 N–H and O–H groups in total. The number of ether oxygens (including phenoxy) is 1. The maximum Gasteiger partial charge on any atom is 0.341 e. The van der Waals surface area contributed by atoms with Gasteiger partial charge >= 0.3 is 13.1 Å². The van der Waals surface area contributed by atoms with E-state index in [0.29, 0.717) is 0 Å². The molecule has 2 atom stereocenters. The van der Waals surface area contributed by atoms with Gasteiger partial charge in [-0.05, 0) is 0 Å². The van der Waals surface area contributed by atoms with E-state index in [2.05, 4.69) is 14.5 Å². The average molecular weight is 112 g/mol. The molecule has 42 valence electrons. The number of hydrogen-bond donors (Lipinski definition) is 0. The molecule has 1 heterocycles. The third-order valence-corrected chi connectivity index (χ3v) is 0.421. The maximum absolute atomic E-state index is 11.4. The highest BCUT2D eigenvalue weighted by atomic mass is 19.2. The molecule has 0 aromatic carbocycles. The Morgan fingerprint density at radius 1 is 1.00 bits per heavy atom. The second-order valence-corrected chi connectivity index (χ2v) is 0.877. The van der Waals surface area contributed by atoms with Gasteiger partial charge in [0.2, 0.25) is 0 Å². The Morgan fingerprint density at radius 2 is 1.43 bits per heavy atom. The van der Waals surface area contributed by atoms with Gasteiger partial charge in [-0.15, -0.1) is 0 Å². The Hall–Kier alpha value is -0.260. The van der Waals surface area contributed by atoms with Crippen LogP contribution >= 0.6 is 0 Å². The molecule has 7 heavy (non-hydrogen) atoms. The van der Waals surface area contributed by atoms with E-state index < -0.39 is 13.1 Å². The Kier molecular flexibility index (Phi) is 1.18. The number of alkyl halides is 2. The molecule has 1 saturated heterocycles. The summed E-state index contributed by atoms with van der Waals surface area (Å²) in [5.74, 6) is 0. The minimum Gasteiger partial charge on any atom is -0.264 e. The minimum absolute atomic E-state index is 2.07. The van der Waals surface area contributed by atoms with Crippen molar-refractivity contribution in [3.8, 4) is 0 Å². The van der Waals surface area contributed by atoms with Gasteiger partial charge in [0.05, 0.1) is 0 Å². The molecular formula is C2H2F2O3. The van der Waals surface area contributed by atoms with Crippen molar-refractivity contribution < 1.29 is 23.3 Å². The van der Waals surface area contributed by atoms with Crippen LogP contribution in [0.4, 0.5) is 8.78 Å². The summed E-state index contributed by atoms with van der Waals surface area (Å²) in [6.45, 7) is -4.15. The lowest BCUT2D eigenvalue weighted by Gasteiger charge is -1.87. The molecule has 0 unspecified atom stereocenters. The zero-order chi connectivity index (χ0) is 5.28. The fraction of sp³-hybridized carbons (Fsp3) is 1.00. The third-order valence-electron chi connectivity index (χ3n) is 0.421. The molecular weight excluding hydrogens is 110 g/mol. The zero-order valence-electron chi connectivity index (χ0n) is 3.14. The quantitative estimate of drug-likeness (QED) is 0.426. The Morgan fingerprint density at radius 3 is 1.57 bits per heavy atom. The largest absolute Gasteiger partial charge is 0.341 e. The van der Waals surface area contributed by atoms with E-state index in [1.54, 1.807) is 0 Å². The van der Waals surface area contributed by atoms with E-state index in [4.69, 9.17) is 0 Å². The molecule has 0 aromatic heterocycles. The van der Waals surface area contributed by atoms with Crippen LogP contribution in [-0.4, -0.2) is 13.1 Å². The van der Waals surface area contributed by atoms with Crippen molar-refractivity contribution in [1.82, 2.24) is 0 Å². The molecule has 0 saturated carbocycles. The van der Waals surface area contributed by atoms with E-state index >= 15 is 0 Å². The van der Waals surface area contributed by atoms with Gasteiger partial charge in [-0.1, -0.05) is 0 Å². The average Bonchev–Trinajstić information content (AvgIpc) is 1.87. The molecule has 5 heteroatoms. The van der Waals surface area contributed by atoms with E-state index in [-0.39, 0.29) is 0 Å². The molecule has 0 radical (unpaired) electrons. The second kappa shape index (κ2) is 1.69. The summed E-state index contributed by atoms with van der Waals surface area (Å²) >= 11 is 0. The van der Waals surface area contributed by atoms with E-state index in [0.717, 1.165) is 0 Å². The molecule has 1 aliphatic heterocycles. The van der Waals surface area contributed by atoms with Gasteiger partial charge in [0.1, 0.15) is 0 Å². The van der Waals surface area contributed by atoms with Crippen molar-refractivity contribution in [2.24, 2.45) is 0 Å². The van der Waals surface area contributed by atoms with E-state index in [1.807, 2.05) is 0 Å². The molecule has 3 nitrogen and oxygen atoms in total. The molecule has 0 aliphatic carbocycles. The summed E-state index contributed by atoms with van der Waals surface area (Å²) in [4.78, 5) is 7.00. The molecule has 0 spiro atoms. The first-order valence-electron chi connectivity index (χ1n) is 1.55. The van der Waals surface area contributed by atoms with Crippen molar-refractivity contribution >= 4 is 0 Å². The van der Waals surface area contributed by atoms with Crippen LogP contribution in [0, 0.1) is 0 Å². The predicted molar refractivity (Wildman–Crippen MR) is 13.0 cm³/mol. The van der Waals surface area contributed by atoms with Gasteiger partial charge in [0, 0.05) is 0 Å². The summed E-state index contributed by atoms with van der Waals surface area (Å²) in [5.41, 5.74) is 0. The first kappa shape index (κ1) is 4.89. The standard InChI is InChI=1S/C2H2F2O3/c3-1-5-2(4)7-6-1/h1-2H/t1-,2-/m0/s1. The van der Waals surface area contributed by atoms with E-state index in [9.17, 15) is 8.78 Å². The van der Waals surface area contributed by atoms with Gasteiger partial charge in [0.15, 0.2) is 0 Å². The van der Waals surface area contributed by atoms with Crippen LogP contribution < -0.4 is 0 Å². The van der Waals surface area contributed by atoms with Crippen molar-refractivity contribution in [2.45, 2.75) is 13.1 Å². The van der Waals surface area contributed by atoms with Crippen LogP contribution in [-0.2, 0) is 14.5 Å². The summed E-state index contributed by atoms with van der Waals surface area (Å²) in [6.07, 6.45) is 0. The topological polar surface area (TPSA) is 27.7 Å². The number of hydrogen-bond acceptors (Lipinski definition) is 3. The van der Waals surface area contributed by atoms with Crippen LogP contribution in [0.1, 0.15) is 0 Å². The summed E-state index contributed by atoms with van der Waals surface area (Å²) < 4.78 is 26.3. The molecule has 0 amide bonds. The fourth-order valence-electron chi connectivity index (χ4n) is 0.217. The lowest BCUT2D eigenvalue weighted by Crippen LogP contribution is -2.00. The van der Waals surface area contributed by atoms with Gasteiger partial charge in [-0.3, -0.25) is 4.74 Å². The molecule has 1 rings (SSSR count). The van der Waals surface area contributed by atoms with Crippen LogP contribution in [0.2, 0.25) is 0 Å². The summed E-state index contributed by atoms with van der Waals surface area (Å²) in [5, 5.41) is 0. The Bertz CT molecular complexity index is 60.0. The highest BCUT2D eigenvalue weighted by Crippen LogP contribution is 2.13. The van der Waals surface area contributed by atoms with Crippen LogP contribution in [0.5, 0.6) is 0 Å². The Balaban J connectivity index is 2.26. The Labute approximate surface area is 37.7 Å². The van der Waals surface area contributed by atoms with Gasteiger partial charge in [-0.25, -0.2) is 0 Å². The van der Waals surface area contributed by atoms with Crippen molar-refractivity contribution in [3.63, 3.8) is 0 Å². The van der Waals surface area contributed by atoms with Crippen molar-refractivity contribution in [2.75, 3.05) is 0 Å². The van der Waals surface area contributed by atoms with Crippen molar-refractivity contribution in [3.05, 3.63) is 0 Å². The summed E-state index contributed by atoms with van der Waals surface area (Å²) in [6, 6.07) is 0. The summed E-state index contributed by atoms with van der Waals surface area (Å²) in [7, 11) is 0. The monoisotopic (exact) mass is 112 g/mol. The first-order valence-corrected chi connectivity index (χ1v) is 1.55. The minimum atomic E-state index is -2.07. The van der Waals surface area contributed by atoms with Crippen LogP contribution in [0.3, 0.4) is 0 Å². The number of rotatable bonds is 0. The second-order valence-electron chi connectivity index (χ2n) is 0.877. The van der Waals surface area contributed by atoms with Crippen molar-refractivity contribution in [1.29, 1.82) is 0 Å². The SMILES string of the molecule is F[C@@H]1OO[C@@H](F)O1. The third kappa shape index (κ3) is 1.05. The molecule has 1 aliphatic rings. The van der Waals surface area contributed by atoms with E-state index in [1.165, 1.54) is 0 Å². The molecule has 1 fully saturated rings. The van der Waals surface area contributed by atoms with Gasteiger partial charge in [-0.2, -0.15) is 18.6 Å². The van der Waals surface area contributed by atoms with Gasteiger partial charge < -0.3 is 0 Å². The fourth-order valence-corrected chi connectivity index (χ4v) is 0.217. The first-order chi connectivity index (χ1) is 3.29. The smallest absolute Gasteiger partial charge is 0.264 e. The zero-order valence-corrected chi connectivity index (χ0v) is 3.14. The van der Waals surface area contributed by atoms with Gasteiger partial charge in [0.25, 0.3) is 0 Å². The highest BCUT2D eigenvalue weighted by Gasteiger charge is 2.26. The molecule has 0 aromatic rings. The predicted octanol–water partition coefficient (Wildman–Crippen LogP) is 0.471.